The molecule has 4 rings (SSSR count). The van der Waals surface area contributed by atoms with Crippen LogP contribution in [0.1, 0.15) is 69.4 Å². The summed E-state index contributed by atoms with van der Waals surface area (Å²) in [7, 11) is 0. The van der Waals surface area contributed by atoms with E-state index in [2.05, 4.69) is 78.8 Å². The Hall–Kier alpha value is -2.74. The van der Waals surface area contributed by atoms with Gasteiger partial charge in [0.1, 0.15) is 0 Å². The quantitative estimate of drug-likeness (QED) is 0.475. The fraction of sp³-hybridized carbons (Fsp3) is 0.379. The average Bonchev–Trinajstić information content (AvgIpc) is 2.66. The van der Waals surface area contributed by atoms with E-state index < -0.39 is 0 Å². The lowest BCUT2D eigenvalue weighted by Gasteiger charge is -2.26. The summed E-state index contributed by atoms with van der Waals surface area (Å²) in [4.78, 5) is 24.0. The van der Waals surface area contributed by atoms with Crippen molar-refractivity contribution in [1.82, 2.24) is 0 Å². The van der Waals surface area contributed by atoms with Crippen molar-refractivity contribution in [3.8, 4) is 0 Å². The zero-order valence-corrected chi connectivity index (χ0v) is 19.9. The maximum Gasteiger partial charge on any atom is 0.163 e. The van der Waals surface area contributed by atoms with Gasteiger partial charge in [0, 0.05) is 24.0 Å². The molecule has 2 aliphatic rings. The molecule has 0 spiro atoms. The number of allylic oxidation sites excluding steroid dienone is 2. The van der Waals surface area contributed by atoms with Crippen LogP contribution in [-0.2, 0) is 22.4 Å². The fourth-order valence-corrected chi connectivity index (χ4v) is 4.12. The van der Waals surface area contributed by atoms with Gasteiger partial charge in [-0.25, -0.2) is 0 Å². The van der Waals surface area contributed by atoms with Gasteiger partial charge < -0.3 is 0 Å². The number of fused-ring (bicyclic) bond motifs is 2. The van der Waals surface area contributed by atoms with Gasteiger partial charge in [0.05, 0.1) is 0 Å². The van der Waals surface area contributed by atoms with Gasteiger partial charge in [-0.1, -0.05) is 89.6 Å². The van der Waals surface area contributed by atoms with Crippen molar-refractivity contribution >= 4 is 23.7 Å². The van der Waals surface area contributed by atoms with Crippen molar-refractivity contribution < 1.29 is 9.59 Å². The molecular formula is C29H34O2. The molecule has 0 aromatic heterocycles. The number of benzene rings is 2. The number of hydrogen-bond acceptors (Lipinski definition) is 2. The van der Waals surface area contributed by atoms with Gasteiger partial charge in [-0.05, 0) is 52.2 Å². The van der Waals surface area contributed by atoms with E-state index in [4.69, 9.17) is 0 Å². The first-order valence-corrected chi connectivity index (χ1v) is 11.0. The first-order chi connectivity index (χ1) is 14.4. The number of Topliss-reactive ketones (excluding diaryl/α,β-unsaturated/α-hetero) is 2. The van der Waals surface area contributed by atoms with Gasteiger partial charge in [-0.3, -0.25) is 9.59 Å². The monoisotopic (exact) mass is 414 g/mol. The van der Waals surface area contributed by atoms with Crippen molar-refractivity contribution in [2.75, 3.05) is 0 Å². The van der Waals surface area contributed by atoms with Crippen LogP contribution in [0.2, 0.25) is 0 Å². The summed E-state index contributed by atoms with van der Waals surface area (Å²) < 4.78 is 0. The number of carbonyl (C=O) groups excluding carboxylic acids is 2. The van der Waals surface area contributed by atoms with E-state index in [0.29, 0.717) is 12.8 Å². The average molecular weight is 415 g/mol. The highest BCUT2D eigenvalue weighted by Crippen LogP contribution is 2.34. The molecule has 0 atom stereocenters. The Kier molecular flexibility index (Phi) is 6.23. The van der Waals surface area contributed by atoms with Crippen LogP contribution in [0.25, 0.3) is 12.2 Å². The Morgan fingerprint density at radius 1 is 0.645 bits per heavy atom. The van der Waals surface area contributed by atoms with Gasteiger partial charge in [0.25, 0.3) is 0 Å². The van der Waals surface area contributed by atoms with Crippen molar-refractivity contribution in [1.29, 1.82) is 0 Å². The molecule has 31 heavy (non-hydrogen) atoms. The normalized spacial score (nSPS) is 15.8. The Morgan fingerprint density at radius 2 is 1.13 bits per heavy atom. The molecule has 0 unspecified atom stereocenters. The minimum absolute atomic E-state index is 0.0510. The van der Waals surface area contributed by atoms with Crippen molar-refractivity contribution in [3.63, 3.8) is 0 Å². The van der Waals surface area contributed by atoms with Gasteiger partial charge >= 0.3 is 0 Å². The number of ketones is 2. The maximum atomic E-state index is 12.0. The Bertz CT molecular complexity index is 1080. The molecule has 0 aliphatic heterocycles. The van der Waals surface area contributed by atoms with Crippen molar-refractivity contribution in [2.45, 2.75) is 61.3 Å². The molecule has 2 aliphatic carbocycles. The van der Waals surface area contributed by atoms with Crippen LogP contribution in [0.3, 0.4) is 0 Å². The minimum atomic E-state index is -0.0570. The van der Waals surface area contributed by atoms with E-state index in [0.717, 1.165) is 22.3 Å². The molecule has 0 fully saturated rings. The van der Waals surface area contributed by atoms with Crippen LogP contribution < -0.4 is 0 Å². The molecule has 2 aromatic carbocycles. The SMILES string of the molecule is CC(C)(C)C1=Cc2ccccc2CC1=O.Cc1ccc2c(c1)C=C(C(C)(C)C)C(=O)C2. The van der Waals surface area contributed by atoms with Gasteiger partial charge in [-0.2, -0.15) is 0 Å². The lowest BCUT2D eigenvalue weighted by atomic mass is 9.77. The second-order valence-corrected chi connectivity index (χ2v) is 10.7. The third kappa shape index (κ3) is 5.31. The molecule has 0 bridgehead atoms. The number of aryl methyl sites for hydroxylation is 1. The molecule has 0 N–H and O–H groups in total. The summed E-state index contributed by atoms with van der Waals surface area (Å²) in [5.41, 5.74) is 7.75. The molecule has 0 saturated carbocycles. The van der Waals surface area contributed by atoms with Crippen LogP contribution in [0.4, 0.5) is 0 Å². The second kappa shape index (κ2) is 8.42. The van der Waals surface area contributed by atoms with Crippen LogP contribution in [0.15, 0.2) is 53.6 Å². The summed E-state index contributed by atoms with van der Waals surface area (Å²) in [5.74, 6) is 0.532. The molecule has 2 heteroatoms. The van der Waals surface area contributed by atoms with Crippen LogP contribution in [0, 0.1) is 17.8 Å². The van der Waals surface area contributed by atoms with E-state index >= 15 is 0 Å². The van der Waals surface area contributed by atoms with E-state index in [-0.39, 0.29) is 22.4 Å². The predicted molar refractivity (Wildman–Crippen MR) is 130 cm³/mol. The van der Waals surface area contributed by atoms with Crippen LogP contribution >= 0.6 is 0 Å². The minimum Gasteiger partial charge on any atom is -0.294 e. The highest BCUT2D eigenvalue weighted by Gasteiger charge is 2.28. The molecule has 0 radical (unpaired) electrons. The summed E-state index contributed by atoms with van der Waals surface area (Å²) in [5, 5.41) is 0. The Labute approximate surface area is 187 Å². The standard InChI is InChI=1S/C15H18O.C14H16O/c1-10-5-6-11-9-14(16)13(15(2,3)4)8-12(11)7-10;1-14(2,3)12-8-10-6-4-5-7-11(10)9-13(12)15/h5-8H,9H2,1-4H3;4-8H,9H2,1-3H3. The summed E-state index contributed by atoms with van der Waals surface area (Å²) in [6.45, 7) is 14.6. The summed E-state index contributed by atoms with van der Waals surface area (Å²) >= 11 is 0. The van der Waals surface area contributed by atoms with Gasteiger partial charge in [-0.15, -0.1) is 0 Å². The number of hydrogen-bond donors (Lipinski definition) is 0. The highest BCUT2D eigenvalue weighted by molar-refractivity contribution is 6.05. The zero-order chi connectivity index (χ0) is 23.0. The fourth-order valence-electron chi connectivity index (χ4n) is 4.12. The summed E-state index contributed by atoms with van der Waals surface area (Å²) in [6.07, 6.45) is 5.22. The molecule has 162 valence electrons. The van der Waals surface area contributed by atoms with Gasteiger partial charge in [0.2, 0.25) is 0 Å². The largest absolute Gasteiger partial charge is 0.294 e. The van der Waals surface area contributed by atoms with Crippen LogP contribution in [-0.4, -0.2) is 11.6 Å². The molecule has 2 aromatic rings. The third-order valence-corrected chi connectivity index (χ3v) is 5.88. The first-order valence-electron chi connectivity index (χ1n) is 11.0. The molecule has 0 heterocycles. The topological polar surface area (TPSA) is 34.1 Å². The number of carbonyl (C=O) groups is 2. The first kappa shape index (κ1) is 22.9. The van der Waals surface area contributed by atoms with Crippen molar-refractivity contribution in [2.24, 2.45) is 10.8 Å². The van der Waals surface area contributed by atoms with Crippen LogP contribution in [0.5, 0.6) is 0 Å². The predicted octanol–water partition coefficient (Wildman–Crippen LogP) is 6.79. The molecular weight excluding hydrogens is 380 g/mol. The summed E-state index contributed by atoms with van der Waals surface area (Å²) in [6, 6.07) is 14.4. The molecule has 0 amide bonds. The van der Waals surface area contributed by atoms with E-state index in [1.165, 1.54) is 16.7 Å². The molecule has 0 saturated heterocycles. The second-order valence-electron chi connectivity index (χ2n) is 10.7. The van der Waals surface area contributed by atoms with E-state index in [9.17, 15) is 9.59 Å². The Morgan fingerprint density at radius 3 is 1.68 bits per heavy atom. The van der Waals surface area contributed by atoms with Crippen molar-refractivity contribution in [3.05, 3.63) is 81.4 Å². The lowest BCUT2D eigenvalue weighted by molar-refractivity contribution is -0.116. The molecule has 2 nitrogen and oxygen atoms in total. The van der Waals surface area contributed by atoms with Gasteiger partial charge in [0.15, 0.2) is 11.6 Å². The lowest BCUT2D eigenvalue weighted by Crippen LogP contribution is -2.22. The van der Waals surface area contributed by atoms with E-state index in [1.807, 2.05) is 24.3 Å². The third-order valence-electron chi connectivity index (χ3n) is 5.88. The number of rotatable bonds is 0. The highest BCUT2D eigenvalue weighted by atomic mass is 16.1. The van der Waals surface area contributed by atoms with E-state index in [1.54, 1.807) is 0 Å². The zero-order valence-electron chi connectivity index (χ0n) is 19.9. The smallest absolute Gasteiger partial charge is 0.163 e. The Balaban J connectivity index is 0.000000176. The maximum absolute atomic E-state index is 12.0.